The first-order valence-electron chi connectivity index (χ1n) is 9.91. The van der Waals surface area contributed by atoms with Crippen LogP contribution in [0.1, 0.15) is 51.2 Å². The van der Waals surface area contributed by atoms with Gasteiger partial charge in [0.2, 0.25) is 0 Å². The van der Waals surface area contributed by atoms with E-state index in [0.29, 0.717) is 12.0 Å². The largest absolute Gasteiger partial charge is 0.508 e. The van der Waals surface area contributed by atoms with Crippen LogP contribution >= 0.6 is 0 Å². The Morgan fingerprint density at radius 1 is 1.03 bits per heavy atom. The lowest BCUT2D eigenvalue weighted by Crippen LogP contribution is -2.33. The maximum absolute atomic E-state index is 11.7. The monoisotopic (exact) mass is 400 g/mol. The van der Waals surface area contributed by atoms with Crippen molar-refractivity contribution in [2.45, 2.75) is 25.6 Å². The topological polar surface area (TPSA) is 70.9 Å². The SMILES string of the molecule is COC(=O)c1ccc([C@@H]2N=C(c3ccc(C)cc3)C[C@H](c3ccccc3O)N2)cc1. The van der Waals surface area contributed by atoms with Crippen molar-refractivity contribution in [1.82, 2.24) is 5.32 Å². The second kappa shape index (κ2) is 8.51. The Morgan fingerprint density at radius 3 is 2.40 bits per heavy atom. The number of aliphatic imine (C=N–C) groups is 1. The number of phenols is 1. The van der Waals surface area contributed by atoms with E-state index in [1.54, 1.807) is 18.2 Å². The summed E-state index contributed by atoms with van der Waals surface area (Å²) in [6.45, 7) is 2.06. The molecule has 3 aromatic rings. The molecule has 5 nitrogen and oxygen atoms in total. The Balaban J connectivity index is 1.71. The lowest BCUT2D eigenvalue weighted by molar-refractivity contribution is 0.0600. The fourth-order valence-electron chi connectivity index (χ4n) is 3.70. The molecule has 0 amide bonds. The molecule has 1 aliphatic heterocycles. The number of aryl methyl sites for hydroxylation is 1. The van der Waals surface area contributed by atoms with Gasteiger partial charge in [-0.25, -0.2) is 4.79 Å². The average Bonchev–Trinajstić information content (AvgIpc) is 2.79. The van der Waals surface area contributed by atoms with E-state index in [0.717, 1.165) is 22.4 Å². The Morgan fingerprint density at radius 2 is 1.73 bits per heavy atom. The van der Waals surface area contributed by atoms with Crippen molar-refractivity contribution < 1.29 is 14.6 Å². The molecule has 0 saturated heterocycles. The summed E-state index contributed by atoms with van der Waals surface area (Å²) in [5, 5.41) is 13.9. The van der Waals surface area contributed by atoms with E-state index in [9.17, 15) is 9.90 Å². The van der Waals surface area contributed by atoms with Crippen LogP contribution in [0.3, 0.4) is 0 Å². The molecular weight excluding hydrogens is 376 g/mol. The molecule has 0 radical (unpaired) electrons. The molecule has 152 valence electrons. The highest BCUT2D eigenvalue weighted by atomic mass is 16.5. The van der Waals surface area contributed by atoms with E-state index in [1.165, 1.54) is 12.7 Å². The molecule has 2 N–H and O–H groups in total. The molecule has 2 atom stereocenters. The molecular formula is C25H24N2O3. The first kappa shape index (κ1) is 19.9. The summed E-state index contributed by atoms with van der Waals surface area (Å²) in [4.78, 5) is 16.7. The van der Waals surface area contributed by atoms with Gasteiger partial charge < -0.3 is 9.84 Å². The summed E-state index contributed by atoms with van der Waals surface area (Å²) in [7, 11) is 1.37. The van der Waals surface area contributed by atoms with E-state index < -0.39 is 0 Å². The number of phenolic OH excluding ortho intramolecular Hbond substituents is 1. The van der Waals surface area contributed by atoms with Crippen molar-refractivity contribution >= 4 is 11.7 Å². The molecule has 4 rings (SSSR count). The van der Waals surface area contributed by atoms with Crippen molar-refractivity contribution in [3.63, 3.8) is 0 Å². The summed E-state index contributed by atoms with van der Waals surface area (Å²) in [5.41, 5.74) is 5.51. The number of ether oxygens (including phenoxy) is 1. The fourth-order valence-corrected chi connectivity index (χ4v) is 3.70. The minimum atomic E-state index is -0.367. The van der Waals surface area contributed by atoms with Gasteiger partial charge in [0.05, 0.1) is 12.7 Å². The maximum atomic E-state index is 11.7. The number of benzene rings is 3. The number of carbonyl (C=O) groups is 1. The minimum absolute atomic E-state index is 0.0923. The van der Waals surface area contributed by atoms with Gasteiger partial charge in [-0.05, 0) is 36.2 Å². The van der Waals surface area contributed by atoms with Crippen molar-refractivity contribution in [3.8, 4) is 5.75 Å². The summed E-state index contributed by atoms with van der Waals surface area (Å²) >= 11 is 0. The summed E-state index contributed by atoms with van der Waals surface area (Å²) in [6, 6.07) is 22.9. The van der Waals surface area contributed by atoms with Gasteiger partial charge in [-0.3, -0.25) is 10.3 Å². The molecule has 0 fully saturated rings. The highest BCUT2D eigenvalue weighted by Gasteiger charge is 2.27. The zero-order valence-corrected chi connectivity index (χ0v) is 17.0. The second-order valence-electron chi connectivity index (χ2n) is 7.44. The Bertz CT molecular complexity index is 1070. The van der Waals surface area contributed by atoms with Crippen LogP contribution in [0.2, 0.25) is 0 Å². The number of esters is 1. The lowest BCUT2D eigenvalue weighted by Gasteiger charge is -2.31. The van der Waals surface area contributed by atoms with Gasteiger partial charge in [-0.15, -0.1) is 0 Å². The molecule has 0 unspecified atom stereocenters. The molecule has 0 bridgehead atoms. The van der Waals surface area contributed by atoms with Crippen LogP contribution in [0.4, 0.5) is 0 Å². The van der Waals surface area contributed by atoms with Gasteiger partial charge in [-0.2, -0.15) is 0 Å². The molecule has 0 saturated carbocycles. The maximum Gasteiger partial charge on any atom is 0.337 e. The third-order valence-corrected chi connectivity index (χ3v) is 5.39. The lowest BCUT2D eigenvalue weighted by atomic mass is 9.93. The molecule has 5 heteroatoms. The number of carbonyl (C=O) groups excluding carboxylic acids is 1. The predicted octanol–water partition coefficient (Wildman–Crippen LogP) is 4.71. The standard InChI is InChI=1S/C25H24N2O3/c1-16-7-9-17(10-8-16)21-15-22(20-5-3-4-6-23(20)28)27-24(26-21)18-11-13-19(14-12-18)25(29)30-2/h3-14,22,24,27-28H,15H2,1-2H3/t22-,24-/m1/s1. The second-order valence-corrected chi connectivity index (χ2v) is 7.44. The fraction of sp³-hybridized carbons (Fsp3) is 0.200. The van der Waals surface area contributed by atoms with Crippen LogP contribution in [0, 0.1) is 6.92 Å². The van der Waals surface area contributed by atoms with Crippen molar-refractivity contribution in [3.05, 3.63) is 101 Å². The van der Waals surface area contributed by atoms with Gasteiger partial charge in [0.25, 0.3) is 0 Å². The van der Waals surface area contributed by atoms with Crippen LogP contribution in [0.25, 0.3) is 0 Å². The number of hydrogen-bond donors (Lipinski definition) is 2. The normalized spacial score (nSPS) is 18.5. The van der Waals surface area contributed by atoms with E-state index >= 15 is 0 Å². The third-order valence-electron chi connectivity index (χ3n) is 5.39. The number of rotatable bonds is 4. The van der Waals surface area contributed by atoms with Crippen LogP contribution in [-0.4, -0.2) is 23.9 Å². The molecule has 0 spiro atoms. The number of para-hydroxylation sites is 1. The van der Waals surface area contributed by atoms with Gasteiger partial charge in [0.15, 0.2) is 0 Å². The average molecular weight is 400 g/mol. The van der Waals surface area contributed by atoms with Crippen LogP contribution in [0.15, 0.2) is 77.8 Å². The zero-order valence-electron chi connectivity index (χ0n) is 17.0. The highest BCUT2D eigenvalue weighted by Crippen LogP contribution is 2.34. The van der Waals surface area contributed by atoms with Crippen LogP contribution in [-0.2, 0) is 4.74 Å². The van der Waals surface area contributed by atoms with Crippen molar-refractivity contribution in [1.29, 1.82) is 0 Å². The number of nitrogens with one attached hydrogen (secondary N) is 1. The number of hydrogen-bond acceptors (Lipinski definition) is 5. The molecule has 0 aliphatic carbocycles. The van der Waals surface area contributed by atoms with Crippen LogP contribution in [0.5, 0.6) is 5.75 Å². The van der Waals surface area contributed by atoms with Gasteiger partial charge in [0, 0.05) is 23.7 Å². The number of aromatic hydroxyl groups is 1. The first-order valence-corrected chi connectivity index (χ1v) is 9.91. The molecule has 0 aromatic heterocycles. The van der Waals surface area contributed by atoms with E-state index in [1.807, 2.05) is 30.3 Å². The van der Waals surface area contributed by atoms with Crippen LogP contribution < -0.4 is 5.32 Å². The predicted molar refractivity (Wildman–Crippen MR) is 117 cm³/mol. The molecule has 1 aliphatic rings. The van der Waals surface area contributed by atoms with E-state index in [-0.39, 0.29) is 23.9 Å². The van der Waals surface area contributed by atoms with Crippen molar-refractivity contribution in [2.24, 2.45) is 4.99 Å². The number of methoxy groups -OCH3 is 1. The summed E-state index contributed by atoms with van der Waals surface area (Å²) in [6.07, 6.45) is 0.364. The first-order chi connectivity index (χ1) is 14.5. The van der Waals surface area contributed by atoms with Gasteiger partial charge in [0.1, 0.15) is 11.9 Å². The minimum Gasteiger partial charge on any atom is -0.508 e. The van der Waals surface area contributed by atoms with Gasteiger partial charge >= 0.3 is 5.97 Å². The molecule has 1 heterocycles. The summed E-state index contributed by atoms with van der Waals surface area (Å²) in [5.74, 6) is -0.103. The van der Waals surface area contributed by atoms with Gasteiger partial charge in [-0.1, -0.05) is 60.2 Å². The smallest absolute Gasteiger partial charge is 0.337 e. The van der Waals surface area contributed by atoms with E-state index in [2.05, 4.69) is 36.5 Å². The molecule has 3 aromatic carbocycles. The van der Waals surface area contributed by atoms with E-state index in [4.69, 9.17) is 9.73 Å². The Kier molecular flexibility index (Phi) is 5.63. The highest BCUT2D eigenvalue weighted by molar-refractivity contribution is 6.01. The van der Waals surface area contributed by atoms with Crippen molar-refractivity contribution in [2.75, 3.05) is 7.11 Å². The Labute approximate surface area is 176 Å². The quantitative estimate of drug-likeness (QED) is 0.622. The molecule has 30 heavy (non-hydrogen) atoms. The number of nitrogens with zero attached hydrogens (tertiary/aromatic N) is 1. The summed E-state index contributed by atoms with van der Waals surface area (Å²) < 4.78 is 4.78. The third kappa shape index (κ3) is 4.11. The Hall–Kier alpha value is -3.44. The zero-order chi connectivity index (χ0) is 21.1.